The van der Waals surface area contributed by atoms with Crippen LogP contribution in [-0.4, -0.2) is 31.3 Å². The summed E-state index contributed by atoms with van der Waals surface area (Å²) in [5.74, 6) is 1.84. The number of urea groups is 1. The number of hydrogen-bond acceptors (Lipinski definition) is 3. The van der Waals surface area contributed by atoms with Gasteiger partial charge in [-0.15, -0.1) is 0 Å². The smallest absolute Gasteiger partial charge is 0.315 e. The summed E-state index contributed by atoms with van der Waals surface area (Å²) in [4.78, 5) is 12.0. The molecule has 2 aliphatic rings. The third-order valence-electron chi connectivity index (χ3n) is 4.41. The van der Waals surface area contributed by atoms with Crippen LogP contribution in [0.4, 0.5) is 4.79 Å². The van der Waals surface area contributed by atoms with Crippen molar-refractivity contribution < 1.29 is 14.3 Å². The zero-order valence-corrected chi connectivity index (χ0v) is 13.3. The fraction of sp³-hybridized carbons (Fsp3) is 0.316. The van der Waals surface area contributed by atoms with Crippen LogP contribution >= 0.6 is 0 Å². The van der Waals surface area contributed by atoms with Crippen molar-refractivity contribution in [3.8, 4) is 11.5 Å². The lowest BCUT2D eigenvalue weighted by Crippen LogP contribution is -2.44. The lowest BCUT2D eigenvalue weighted by Gasteiger charge is -2.15. The van der Waals surface area contributed by atoms with E-state index in [1.54, 1.807) is 0 Å². The number of amides is 2. The number of benzene rings is 2. The second-order valence-electron chi connectivity index (χ2n) is 6.19. The maximum Gasteiger partial charge on any atom is 0.315 e. The maximum atomic E-state index is 12.0. The van der Waals surface area contributed by atoms with E-state index in [0.717, 1.165) is 24.3 Å². The molecule has 2 heterocycles. The van der Waals surface area contributed by atoms with Crippen LogP contribution < -0.4 is 20.1 Å². The Morgan fingerprint density at radius 1 is 0.833 bits per heavy atom. The molecule has 0 spiro atoms. The van der Waals surface area contributed by atoms with Gasteiger partial charge < -0.3 is 20.1 Å². The Labute approximate surface area is 141 Å². The first-order valence-corrected chi connectivity index (χ1v) is 8.29. The molecule has 24 heavy (non-hydrogen) atoms. The second-order valence-corrected chi connectivity index (χ2v) is 6.19. The van der Waals surface area contributed by atoms with Crippen LogP contribution in [0.1, 0.15) is 11.1 Å². The Hall–Kier alpha value is -2.69. The van der Waals surface area contributed by atoms with E-state index in [-0.39, 0.29) is 18.2 Å². The predicted molar refractivity (Wildman–Crippen MR) is 90.5 cm³/mol. The summed E-state index contributed by atoms with van der Waals surface area (Å²) < 4.78 is 11.6. The van der Waals surface area contributed by atoms with Crippen LogP contribution in [0.5, 0.6) is 11.5 Å². The van der Waals surface area contributed by atoms with Gasteiger partial charge in [0.2, 0.25) is 0 Å². The first kappa shape index (κ1) is 14.9. The normalized spacial score (nSPS) is 20.5. The van der Waals surface area contributed by atoms with Gasteiger partial charge in [-0.05, 0) is 23.3 Å². The van der Waals surface area contributed by atoms with Gasteiger partial charge in [-0.2, -0.15) is 0 Å². The fourth-order valence-electron chi connectivity index (χ4n) is 3.21. The molecule has 0 unspecified atom stereocenters. The maximum absolute atomic E-state index is 12.0. The van der Waals surface area contributed by atoms with Crippen LogP contribution in [-0.2, 0) is 12.8 Å². The number of rotatable bonds is 4. The molecule has 0 saturated carbocycles. The Morgan fingerprint density at radius 3 is 1.75 bits per heavy atom. The molecule has 4 rings (SSSR count). The zero-order valence-electron chi connectivity index (χ0n) is 13.3. The van der Waals surface area contributed by atoms with E-state index in [0.29, 0.717) is 13.1 Å². The van der Waals surface area contributed by atoms with E-state index in [4.69, 9.17) is 9.47 Å². The van der Waals surface area contributed by atoms with Crippen molar-refractivity contribution in [1.82, 2.24) is 10.6 Å². The minimum Gasteiger partial charge on any atom is -0.488 e. The van der Waals surface area contributed by atoms with Gasteiger partial charge in [-0.3, -0.25) is 0 Å². The molecule has 2 aromatic carbocycles. The van der Waals surface area contributed by atoms with Crippen molar-refractivity contribution in [1.29, 1.82) is 0 Å². The van der Waals surface area contributed by atoms with E-state index < -0.39 is 0 Å². The molecule has 0 saturated heterocycles. The Bertz CT molecular complexity index is 635. The molecule has 2 aliphatic heterocycles. The van der Waals surface area contributed by atoms with Crippen LogP contribution in [0.25, 0.3) is 0 Å². The molecule has 2 aromatic rings. The van der Waals surface area contributed by atoms with Gasteiger partial charge >= 0.3 is 6.03 Å². The average molecular weight is 324 g/mol. The third-order valence-corrected chi connectivity index (χ3v) is 4.41. The first-order chi connectivity index (χ1) is 11.8. The lowest BCUT2D eigenvalue weighted by molar-refractivity contribution is 0.203. The molecule has 0 aromatic heterocycles. The van der Waals surface area contributed by atoms with E-state index in [2.05, 4.69) is 22.8 Å². The number of carbonyl (C=O) groups excluding carboxylic acids is 1. The molecule has 0 aliphatic carbocycles. The summed E-state index contributed by atoms with van der Waals surface area (Å²) >= 11 is 0. The highest BCUT2D eigenvalue weighted by Gasteiger charge is 2.24. The van der Waals surface area contributed by atoms with Crippen molar-refractivity contribution in [2.75, 3.05) is 13.1 Å². The van der Waals surface area contributed by atoms with Gasteiger partial charge in [0.1, 0.15) is 23.7 Å². The number of para-hydroxylation sites is 2. The molecule has 2 atom stereocenters. The second kappa shape index (κ2) is 6.43. The summed E-state index contributed by atoms with van der Waals surface area (Å²) in [6.45, 7) is 0.985. The zero-order chi connectivity index (χ0) is 16.4. The molecule has 124 valence electrons. The van der Waals surface area contributed by atoms with Crippen molar-refractivity contribution >= 4 is 6.03 Å². The summed E-state index contributed by atoms with van der Waals surface area (Å²) in [7, 11) is 0. The van der Waals surface area contributed by atoms with Gasteiger partial charge in [0.15, 0.2) is 0 Å². The minimum atomic E-state index is -0.186. The number of carbonyl (C=O) groups is 1. The largest absolute Gasteiger partial charge is 0.488 e. The van der Waals surface area contributed by atoms with Gasteiger partial charge in [0.05, 0.1) is 13.1 Å². The highest BCUT2D eigenvalue weighted by atomic mass is 16.5. The molecule has 2 amide bonds. The van der Waals surface area contributed by atoms with Gasteiger partial charge in [0.25, 0.3) is 0 Å². The average Bonchev–Trinajstić information content (AvgIpc) is 3.21. The van der Waals surface area contributed by atoms with Crippen LogP contribution in [0.2, 0.25) is 0 Å². The lowest BCUT2D eigenvalue weighted by atomic mass is 10.1. The molecule has 5 heteroatoms. The van der Waals surface area contributed by atoms with Gasteiger partial charge in [-0.25, -0.2) is 4.79 Å². The Balaban J connectivity index is 1.19. The SMILES string of the molecule is O=C(NC[C@@H]1Cc2ccccc2O1)NC[C@H]1Cc2ccccc2O1. The molecule has 0 radical (unpaired) electrons. The van der Waals surface area contributed by atoms with E-state index >= 15 is 0 Å². The molecular weight excluding hydrogens is 304 g/mol. The summed E-state index contributed by atoms with van der Waals surface area (Å²) in [6, 6.07) is 15.8. The van der Waals surface area contributed by atoms with Crippen LogP contribution in [0.15, 0.2) is 48.5 Å². The topological polar surface area (TPSA) is 59.6 Å². The standard InChI is InChI=1S/C19H20N2O3/c22-19(20-11-15-9-13-5-1-3-7-17(13)23-15)21-12-16-10-14-6-2-4-8-18(14)24-16/h1-8,15-16H,9-12H2,(H2,20,21,22)/t15-,16+. The molecule has 5 nitrogen and oxygen atoms in total. The molecule has 0 bridgehead atoms. The number of ether oxygens (including phenoxy) is 2. The molecule has 2 N–H and O–H groups in total. The summed E-state index contributed by atoms with van der Waals surface area (Å²) in [5, 5.41) is 5.75. The summed E-state index contributed by atoms with van der Waals surface area (Å²) in [5.41, 5.74) is 2.39. The van der Waals surface area contributed by atoms with E-state index in [1.165, 1.54) is 11.1 Å². The van der Waals surface area contributed by atoms with Crippen molar-refractivity contribution in [2.45, 2.75) is 25.0 Å². The fourth-order valence-corrected chi connectivity index (χ4v) is 3.21. The first-order valence-electron chi connectivity index (χ1n) is 8.29. The number of fused-ring (bicyclic) bond motifs is 2. The Kier molecular flexibility index (Phi) is 3.99. The monoisotopic (exact) mass is 324 g/mol. The Morgan fingerprint density at radius 2 is 1.29 bits per heavy atom. The van der Waals surface area contributed by atoms with Gasteiger partial charge in [-0.1, -0.05) is 36.4 Å². The van der Waals surface area contributed by atoms with E-state index in [1.807, 2.05) is 36.4 Å². The highest BCUT2D eigenvalue weighted by Crippen LogP contribution is 2.28. The van der Waals surface area contributed by atoms with Gasteiger partial charge in [0, 0.05) is 12.8 Å². The molecule has 0 fully saturated rings. The number of nitrogens with one attached hydrogen (secondary N) is 2. The van der Waals surface area contributed by atoms with Crippen LogP contribution in [0, 0.1) is 0 Å². The third kappa shape index (κ3) is 3.15. The van der Waals surface area contributed by atoms with Crippen molar-refractivity contribution in [3.05, 3.63) is 59.7 Å². The highest BCUT2D eigenvalue weighted by molar-refractivity contribution is 5.73. The quantitative estimate of drug-likeness (QED) is 0.907. The van der Waals surface area contributed by atoms with Crippen LogP contribution in [0.3, 0.4) is 0 Å². The number of hydrogen-bond donors (Lipinski definition) is 2. The summed E-state index contributed by atoms with van der Waals surface area (Å²) in [6.07, 6.45) is 1.66. The molecular formula is C19H20N2O3. The van der Waals surface area contributed by atoms with Crippen molar-refractivity contribution in [3.63, 3.8) is 0 Å². The van der Waals surface area contributed by atoms with E-state index in [9.17, 15) is 4.79 Å². The predicted octanol–water partition coefficient (Wildman–Crippen LogP) is 2.29. The van der Waals surface area contributed by atoms with Crippen molar-refractivity contribution in [2.24, 2.45) is 0 Å². The minimum absolute atomic E-state index is 0.000125.